The van der Waals surface area contributed by atoms with Gasteiger partial charge in [-0.25, -0.2) is 4.39 Å². The molecular weight excluding hydrogens is 245 g/mol. The second-order valence-electron chi connectivity index (χ2n) is 4.02. The monoisotopic (exact) mass is 261 g/mol. The molecule has 0 saturated carbocycles. The molecule has 0 unspecified atom stereocenters. The van der Waals surface area contributed by atoms with Gasteiger partial charge in [-0.05, 0) is 44.3 Å². The molecule has 19 heavy (non-hydrogen) atoms. The van der Waals surface area contributed by atoms with Gasteiger partial charge in [-0.15, -0.1) is 0 Å². The molecule has 1 N–H and O–H groups in total. The highest BCUT2D eigenvalue weighted by atomic mass is 19.1. The number of halogens is 1. The van der Waals surface area contributed by atoms with Crippen molar-refractivity contribution >= 4 is 0 Å². The quantitative estimate of drug-likeness (QED) is 0.897. The van der Waals surface area contributed by atoms with Gasteiger partial charge in [0.15, 0.2) is 11.6 Å². The predicted octanol–water partition coefficient (Wildman–Crippen LogP) is 2.40. The van der Waals surface area contributed by atoms with Crippen LogP contribution in [0, 0.1) is 5.82 Å². The molecule has 100 valence electrons. The Labute approximate surface area is 111 Å². The van der Waals surface area contributed by atoms with Crippen LogP contribution in [0.5, 0.6) is 5.75 Å². The number of hydrogen-bond acceptors (Lipinski definition) is 4. The molecule has 1 aromatic carbocycles. The Kier molecular flexibility index (Phi) is 4.41. The van der Waals surface area contributed by atoms with Gasteiger partial charge >= 0.3 is 0 Å². The van der Waals surface area contributed by atoms with Crippen LogP contribution in [-0.2, 0) is 6.54 Å². The summed E-state index contributed by atoms with van der Waals surface area (Å²) in [5.74, 6) is -0.133. The van der Waals surface area contributed by atoms with Crippen molar-refractivity contribution in [2.24, 2.45) is 0 Å². The maximum absolute atomic E-state index is 13.7. The molecule has 0 aliphatic carbocycles. The molecule has 0 saturated heterocycles. The summed E-state index contributed by atoms with van der Waals surface area (Å²) in [5, 5.41) is 11.1. The first-order valence-corrected chi connectivity index (χ1v) is 6.14. The van der Waals surface area contributed by atoms with E-state index >= 15 is 0 Å². The molecule has 5 heteroatoms. The second-order valence-corrected chi connectivity index (χ2v) is 4.02. The minimum atomic E-state index is -0.388. The van der Waals surface area contributed by atoms with E-state index in [2.05, 4.69) is 15.5 Å². The maximum Gasteiger partial charge on any atom is 0.165 e. The van der Waals surface area contributed by atoms with E-state index < -0.39 is 0 Å². The van der Waals surface area contributed by atoms with Crippen LogP contribution < -0.4 is 10.1 Å². The molecule has 1 aromatic heterocycles. The fraction of sp³-hybridized carbons (Fsp3) is 0.286. The van der Waals surface area contributed by atoms with Gasteiger partial charge in [-0.1, -0.05) is 0 Å². The molecule has 0 aliphatic heterocycles. The van der Waals surface area contributed by atoms with Crippen LogP contribution >= 0.6 is 0 Å². The Morgan fingerprint density at radius 1 is 1.21 bits per heavy atom. The van der Waals surface area contributed by atoms with Crippen molar-refractivity contribution in [1.82, 2.24) is 15.5 Å². The van der Waals surface area contributed by atoms with Crippen molar-refractivity contribution in [3.05, 3.63) is 41.8 Å². The molecule has 0 amide bonds. The maximum atomic E-state index is 13.7. The number of nitrogens with zero attached hydrogens (tertiary/aromatic N) is 2. The van der Waals surface area contributed by atoms with Crippen LogP contribution in [0.15, 0.2) is 30.3 Å². The van der Waals surface area contributed by atoms with Crippen molar-refractivity contribution in [2.75, 3.05) is 13.7 Å². The topological polar surface area (TPSA) is 47.0 Å². The van der Waals surface area contributed by atoms with Crippen molar-refractivity contribution in [1.29, 1.82) is 0 Å². The van der Waals surface area contributed by atoms with Gasteiger partial charge in [0, 0.05) is 12.1 Å². The molecular formula is C14H16FN3O. The van der Waals surface area contributed by atoms with Crippen LogP contribution in [0.25, 0.3) is 11.3 Å². The minimum Gasteiger partial charge on any atom is -0.491 e. The van der Waals surface area contributed by atoms with Gasteiger partial charge in [0.05, 0.1) is 18.0 Å². The Morgan fingerprint density at radius 3 is 2.63 bits per heavy atom. The third-order valence-corrected chi connectivity index (χ3v) is 2.61. The Balaban J connectivity index is 2.24. The average Bonchev–Trinajstić information content (AvgIpc) is 2.43. The van der Waals surface area contributed by atoms with Crippen LogP contribution in [0.2, 0.25) is 0 Å². The summed E-state index contributed by atoms with van der Waals surface area (Å²) in [6, 6.07) is 8.49. The SMILES string of the molecule is CCOc1ccc(-c2ccc(CNC)nn2)cc1F. The Bertz CT molecular complexity index is 543. The van der Waals surface area contributed by atoms with E-state index in [1.54, 1.807) is 12.1 Å². The third kappa shape index (κ3) is 3.26. The lowest BCUT2D eigenvalue weighted by Gasteiger charge is -2.06. The smallest absolute Gasteiger partial charge is 0.165 e. The lowest BCUT2D eigenvalue weighted by Crippen LogP contribution is -2.07. The molecule has 1 heterocycles. The summed E-state index contributed by atoms with van der Waals surface area (Å²) in [6.45, 7) is 2.92. The zero-order valence-corrected chi connectivity index (χ0v) is 11.0. The summed E-state index contributed by atoms with van der Waals surface area (Å²) in [6.07, 6.45) is 0. The van der Waals surface area contributed by atoms with Crippen molar-refractivity contribution in [2.45, 2.75) is 13.5 Å². The molecule has 0 radical (unpaired) electrons. The molecule has 0 atom stereocenters. The van der Waals surface area contributed by atoms with Crippen molar-refractivity contribution in [3.63, 3.8) is 0 Å². The predicted molar refractivity (Wildman–Crippen MR) is 71.4 cm³/mol. The van der Waals surface area contributed by atoms with Gasteiger partial charge in [-0.2, -0.15) is 10.2 Å². The number of aromatic nitrogens is 2. The Hall–Kier alpha value is -2.01. The number of hydrogen-bond donors (Lipinski definition) is 1. The molecule has 0 spiro atoms. The lowest BCUT2D eigenvalue weighted by molar-refractivity contribution is 0.321. The first-order chi connectivity index (χ1) is 9.24. The van der Waals surface area contributed by atoms with E-state index in [-0.39, 0.29) is 11.6 Å². The zero-order valence-electron chi connectivity index (χ0n) is 11.0. The zero-order chi connectivity index (χ0) is 13.7. The van der Waals surface area contributed by atoms with Crippen LogP contribution in [-0.4, -0.2) is 23.9 Å². The van der Waals surface area contributed by atoms with Crippen LogP contribution in [0.1, 0.15) is 12.6 Å². The normalized spacial score (nSPS) is 10.5. The van der Waals surface area contributed by atoms with E-state index in [1.807, 2.05) is 26.1 Å². The van der Waals surface area contributed by atoms with Gasteiger partial charge in [-0.3, -0.25) is 0 Å². The number of nitrogens with one attached hydrogen (secondary N) is 1. The fourth-order valence-electron chi connectivity index (χ4n) is 1.72. The molecule has 0 fully saturated rings. The van der Waals surface area contributed by atoms with Crippen LogP contribution in [0.3, 0.4) is 0 Å². The largest absolute Gasteiger partial charge is 0.491 e. The molecule has 0 aliphatic rings. The minimum absolute atomic E-state index is 0.256. The van der Waals surface area contributed by atoms with Crippen molar-refractivity contribution in [3.8, 4) is 17.0 Å². The van der Waals surface area contributed by atoms with E-state index in [9.17, 15) is 4.39 Å². The molecule has 4 nitrogen and oxygen atoms in total. The number of rotatable bonds is 5. The van der Waals surface area contributed by atoms with Gasteiger partial charge in [0.2, 0.25) is 0 Å². The first-order valence-electron chi connectivity index (χ1n) is 6.14. The summed E-state index contributed by atoms with van der Waals surface area (Å²) in [5.41, 5.74) is 2.17. The number of benzene rings is 1. The lowest BCUT2D eigenvalue weighted by atomic mass is 10.1. The molecule has 2 rings (SSSR count). The summed E-state index contributed by atoms with van der Waals surface area (Å²) in [7, 11) is 1.84. The van der Waals surface area contributed by atoms with E-state index in [0.29, 0.717) is 24.4 Å². The van der Waals surface area contributed by atoms with Gasteiger partial charge < -0.3 is 10.1 Å². The highest BCUT2D eigenvalue weighted by molar-refractivity contribution is 5.59. The molecule has 0 bridgehead atoms. The van der Waals surface area contributed by atoms with E-state index in [4.69, 9.17) is 4.74 Å². The first kappa shape index (κ1) is 13.4. The van der Waals surface area contributed by atoms with E-state index in [0.717, 1.165) is 5.69 Å². The summed E-state index contributed by atoms with van der Waals surface area (Å²) >= 11 is 0. The second kappa shape index (κ2) is 6.24. The fourth-order valence-corrected chi connectivity index (χ4v) is 1.72. The Morgan fingerprint density at radius 2 is 2.05 bits per heavy atom. The highest BCUT2D eigenvalue weighted by Crippen LogP contribution is 2.24. The summed E-state index contributed by atoms with van der Waals surface area (Å²) < 4.78 is 18.9. The van der Waals surface area contributed by atoms with Crippen molar-refractivity contribution < 1.29 is 9.13 Å². The van der Waals surface area contributed by atoms with Crippen LogP contribution in [0.4, 0.5) is 4.39 Å². The average molecular weight is 261 g/mol. The third-order valence-electron chi connectivity index (χ3n) is 2.61. The standard InChI is InChI=1S/C14H16FN3O/c1-3-19-14-7-4-10(8-12(14)15)13-6-5-11(9-16-2)17-18-13/h4-8,16H,3,9H2,1-2H3. The highest BCUT2D eigenvalue weighted by Gasteiger charge is 2.07. The molecule has 2 aromatic rings. The number of ether oxygens (including phenoxy) is 1. The van der Waals surface area contributed by atoms with Gasteiger partial charge in [0.1, 0.15) is 0 Å². The van der Waals surface area contributed by atoms with E-state index in [1.165, 1.54) is 6.07 Å². The van der Waals surface area contributed by atoms with Gasteiger partial charge in [0.25, 0.3) is 0 Å². The summed E-state index contributed by atoms with van der Waals surface area (Å²) in [4.78, 5) is 0.